The number of piperidine rings is 1. The Balaban J connectivity index is 2.02. The predicted octanol–water partition coefficient (Wildman–Crippen LogP) is 2.37. The molecular formula is C13H21F3N2OS. The molecule has 2 aliphatic heterocycles. The van der Waals surface area contributed by atoms with Crippen molar-refractivity contribution in [1.82, 2.24) is 9.80 Å². The molecule has 1 atom stereocenters. The molecule has 0 radical (unpaired) electrons. The van der Waals surface area contributed by atoms with Crippen LogP contribution in [-0.2, 0) is 4.79 Å². The van der Waals surface area contributed by atoms with Gasteiger partial charge in [-0.15, -0.1) is 0 Å². The van der Waals surface area contributed by atoms with Crippen molar-refractivity contribution in [3.63, 3.8) is 0 Å². The Bertz CT molecular complexity index is 332. The lowest BCUT2D eigenvalue weighted by Crippen LogP contribution is -2.52. The standard InChI is InChI=1S/C13H21F3N2OS/c14-13(15,16)12(19)18-7-4-8-20-10-11(18)9-17-5-2-1-3-6-17/h11H,1-10H2. The second kappa shape index (κ2) is 7.02. The fourth-order valence-corrected chi connectivity index (χ4v) is 3.91. The first-order valence-corrected chi connectivity index (χ1v) is 8.32. The number of carbonyl (C=O) groups is 1. The number of hydrogen-bond donors (Lipinski definition) is 0. The van der Waals surface area contributed by atoms with Gasteiger partial charge in [0.1, 0.15) is 0 Å². The number of alkyl halides is 3. The monoisotopic (exact) mass is 310 g/mol. The lowest BCUT2D eigenvalue weighted by atomic mass is 10.1. The molecule has 0 aromatic heterocycles. The summed E-state index contributed by atoms with van der Waals surface area (Å²) in [5.41, 5.74) is 0. The van der Waals surface area contributed by atoms with Crippen LogP contribution in [0.3, 0.4) is 0 Å². The molecule has 1 amide bonds. The quantitative estimate of drug-likeness (QED) is 0.782. The molecule has 2 saturated heterocycles. The van der Waals surface area contributed by atoms with Crippen LogP contribution in [0.15, 0.2) is 0 Å². The van der Waals surface area contributed by atoms with Gasteiger partial charge in [0.05, 0.1) is 6.04 Å². The summed E-state index contributed by atoms with van der Waals surface area (Å²) in [5, 5.41) is 0. The Morgan fingerprint density at radius 2 is 1.80 bits per heavy atom. The van der Waals surface area contributed by atoms with Crippen molar-refractivity contribution in [2.24, 2.45) is 0 Å². The first kappa shape index (κ1) is 15.9. The van der Waals surface area contributed by atoms with Crippen molar-refractivity contribution >= 4 is 17.7 Å². The van der Waals surface area contributed by atoms with Crippen LogP contribution in [0, 0.1) is 0 Å². The van der Waals surface area contributed by atoms with E-state index in [0.717, 1.165) is 36.6 Å². The zero-order chi connectivity index (χ0) is 14.6. The zero-order valence-electron chi connectivity index (χ0n) is 11.5. The maximum atomic E-state index is 12.7. The molecule has 20 heavy (non-hydrogen) atoms. The SMILES string of the molecule is O=C(N1CCCSCC1CN1CCCCC1)C(F)(F)F. The Morgan fingerprint density at radius 3 is 2.45 bits per heavy atom. The number of hydrogen-bond acceptors (Lipinski definition) is 3. The van der Waals surface area contributed by atoms with Gasteiger partial charge in [-0.05, 0) is 38.1 Å². The first-order valence-electron chi connectivity index (χ1n) is 7.16. The van der Waals surface area contributed by atoms with Gasteiger partial charge in [0.25, 0.3) is 0 Å². The van der Waals surface area contributed by atoms with Gasteiger partial charge >= 0.3 is 12.1 Å². The molecule has 0 bridgehead atoms. The van der Waals surface area contributed by atoms with Gasteiger partial charge in [0.2, 0.25) is 0 Å². The normalized spacial score (nSPS) is 26.4. The molecular weight excluding hydrogens is 289 g/mol. The van der Waals surface area contributed by atoms with Crippen LogP contribution >= 0.6 is 11.8 Å². The molecule has 0 aromatic rings. The summed E-state index contributed by atoms with van der Waals surface area (Å²) in [4.78, 5) is 14.9. The number of likely N-dealkylation sites (tertiary alicyclic amines) is 1. The third-order valence-electron chi connectivity index (χ3n) is 3.86. The fourth-order valence-electron chi connectivity index (χ4n) is 2.85. The van der Waals surface area contributed by atoms with Crippen LogP contribution in [-0.4, -0.2) is 65.6 Å². The van der Waals surface area contributed by atoms with Crippen LogP contribution in [0.5, 0.6) is 0 Å². The molecule has 0 N–H and O–H groups in total. The minimum atomic E-state index is -4.75. The van der Waals surface area contributed by atoms with E-state index in [9.17, 15) is 18.0 Å². The summed E-state index contributed by atoms with van der Waals surface area (Å²) < 4.78 is 38.1. The average Bonchev–Trinajstić information content (AvgIpc) is 2.63. The second-order valence-corrected chi connectivity index (χ2v) is 6.59. The molecule has 2 rings (SSSR count). The molecule has 116 valence electrons. The van der Waals surface area contributed by atoms with Crippen molar-refractivity contribution in [1.29, 1.82) is 0 Å². The number of nitrogens with zero attached hydrogens (tertiary/aromatic N) is 2. The number of halogens is 3. The summed E-state index contributed by atoms with van der Waals surface area (Å²) >= 11 is 1.66. The van der Waals surface area contributed by atoms with Crippen LogP contribution in [0.4, 0.5) is 13.2 Å². The van der Waals surface area contributed by atoms with E-state index in [1.54, 1.807) is 11.8 Å². The first-order chi connectivity index (χ1) is 9.48. The Hall–Kier alpha value is -0.430. The van der Waals surface area contributed by atoms with E-state index >= 15 is 0 Å². The number of rotatable bonds is 2. The van der Waals surface area contributed by atoms with Gasteiger partial charge in [-0.25, -0.2) is 0 Å². The van der Waals surface area contributed by atoms with Crippen LogP contribution in [0.2, 0.25) is 0 Å². The summed E-state index contributed by atoms with van der Waals surface area (Å²) in [5.74, 6) is -0.224. The van der Waals surface area contributed by atoms with Gasteiger partial charge in [-0.1, -0.05) is 6.42 Å². The number of amides is 1. The second-order valence-electron chi connectivity index (χ2n) is 5.44. The lowest BCUT2D eigenvalue weighted by molar-refractivity contribution is -0.187. The Labute approximate surface area is 121 Å². The van der Waals surface area contributed by atoms with Gasteiger partial charge in [-0.3, -0.25) is 4.79 Å². The highest BCUT2D eigenvalue weighted by atomic mass is 32.2. The van der Waals surface area contributed by atoms with Crippen molar-refractivity contribution in [2.75, 3.05) is 37.7 Å². The number of thioether (sulfide) groups is 1. The van der Waals surface area contributed by atoms with Gasteiger partial charge in [-0.2, -0.15) is 24.9 Å². The van der Waals surface area contributed by atoms with Crippen LogP contribution in [0.25, 0.3) is 0 Å². The predicted molar refractivity (Wildman–Crippen MR) is 73.8 cm³/mol. The maximum Gasteiger partial charge on any atom is 0.471 e. The lowest BCUT2D eigenvalue weighted by Gasteiger charge is -2.36. The van der Waals surface area contributed by atoms with Crippen LogP contribution < -0.4 is 0 Å². The van der Waals surface area contributed by atoms with Crippen molar-refractivity contribution < 1.29 is 18.0 Å². The van der Waals surface area contributed by atoms with E-state index < -0.39 is 12.1 Å². The topological polar surface area (TPSA) is 23.6 Å². The molecule has 0 saturated carbocycles. The summed E-state index contributed by atoms with van der Waals surface area (Å²) in [6, 6.07) is -0.310. The molecule has 0 aliphatic carbocycles. The summed E-state index contributed by atoms with van der Waals surface area (Å²) in [6.45, 7) is 2.68. The highest BCUT2D eigenvalue weighted by Crippen LogP contribution is 2.25. The minimum absolute atomic E-state index is 0.226. The highest BCUT2D eigenvalue weighted by molar-refractivity contribution is 7.99. The van der Waals surface area contributed by atoms with Crippen LogP contribution in [0.1, 0.15) is 25.7 Å². The van der Waals surface area contributed by atoms with Gasteiger partial charge < -0.3 is 9.80 Å². The molecule has 0 aromatic carbocycles. The molecule has 7 heteroatoms. The van der Waals surface area contributed by atoms with E-state index in [-0.39, 0.29) is 12.6 Å². The Morgan fingerprint density at radius 1 is 1.10 bits per heavy atom. The zero-order valence-corrected chi connectivity index (χ0v) is 12.3. The van der Waals surface area contributed by atoms with Gasteiger partial charge in [0.15, 0.2) is 0 Å². The molecule has 3 nitrogen and oxygen atoms in total. The largest absolute Gasteiger partial charge is 0.471 e. The fraction of sp³-hybridized carbons (Fsp3) is 0.923. The molecule has 2 heterocycles. The van der Waals surface area contributed by atoms with E-state index in [1.807, 2.05) is 0 Å². The highest BCUT2D eigenvalue weighted by Gasteiger charge is 2.45. The van der Waals surface area contributed by atoms with E-state index in [2.05, 4.69) is 4.90 Å². The Kier molecular flexibility index (Phi) is 5.60. The van der Waals surface area contributed by atoms with E-state index in [4.69, 9.17) is 0 Å². The van der Waals surface area contributed by atoms with Gasteiger partial charge in [0, 0.05) is 18.8 Å². The summed E-state index contributed by atoms with van der Waals surface area (Å²) in [7, 11) is 0. The smallest absolute Gasteiger partial charge is 0.330 e. The molecule has 1 unspecified atom stereocenters. The van der Waals surface area contributed by atoms with E-state index in [0.29, 0.717) is 18.7 Å². The molecule has 2 aliphatic rings. The molecule has 2 fully saturated rings. The number of carbonyl (C=O) groups excluding carboxylic acids is 1. The minimum Gasteiger partial charge on any atom is -0.330 e. The average molecular weight is 310 g/mol. The van der Waals surface area contributed by atoms with Crippen molar-refractivity contribution in [3.8, 4) is 0 Å². The summed E-state index contributed by atoms with van der Waals surface area (Å²) in [6.07, 6.45) is -0.709. The maximum absolute atomic E-state index is 12.7. The van der Waals surface area contributed by atoms with Crippen molar-refractivity contribution in [3.05, 3.63) is 0 Å². The van der Waals surface area contributed by atoms with E-state index in [1.165, 1.54) is 6.42 Å². The third-order valence-corrected chi connectivity index (χ3v) is 5.06. The van der Waals surface area contributed by atoms with Crippen molar-refractivity contribution in [2.45, 2.75) is 37.9 Å². The third kappa shape index (κ3) is 4.28. The molecule has 0 spiro atoms.